The molecule has 184 valence electrons. The number of hydrogen-bond acceptors (Lipinski definition) is 7. The summed E-state index contributed by atoms with van der Waals surface area (Å²) in [5.74, 6) is 0.506. The number of ether oxygens (including phenoxy) is 3. The van der Waals surface area contributed by atoms with E-state index in [1.165, 1.54) is 13.3 Å². The number of benzene rings is 2. The smallest absolute Gasteiger partial charge is 0.317 e. The van der Waals surface area contributed by atoms with Gasteiger partial charge in [0, 0.05) is 24.8 Å². The summed E-state index contributed by atoms with van der Waals surface area (Å²) in [6.07, 6.45) is 1.96. The lowest BCUT2D eigenvalue weighted by Crippen LogP contribution is -2.42. The standard InChI is InChI=1S/C28H27N3O5/c1-3-35-27(33)28(14-15-31(18-28)26(32)23-6-4-5-7-25(23)34-2)19-36-22-11-9-21(10-12-22)24-13-8-20(16-29)17-30-24/h4-13,17H,3,14-15,18-19H2,1-2H3. The minimum Gasteiger partial charge on any atom is -0.496 e. The van der Waals surface area contributed by atoms with Crippen LogP contribution in [0.25, 0.3) is 11.3 Å². The van der Waals surface area contributed by atoms with Gasteiger partial charge >= 0.3 is 5.97 Å². The van der Waals surface area contributed by atoms with Gasteiger partial charge in [-0.25, -0.2) is 0 Å². The third kappa shape index (κ3) is 5.15. The van der Waals surface area contributed by atoms with Crippen LogP contribution < -0.4 is 9.47 Å². The Morgan fingerprint density at radius 2 is 1.89 bits per heavy atom. The number of methoxy groups -OCH3 is 1. The first-order valence-electron chi connectivity index (χ1n) is 11.7. The number of esters is 1. The van der Waals surface area contributed by atoms with Crippen LogP contribution in [0.15, 0.2) is 66.9 Å². The van der Waals surface area contributed by atoms with Gasteiger partial charge in [-0.2, -0.15) is 5.26 Å². The lowest BCUT2D eigenvalue weighted by atomic mass is 9.88. The number of amides is 1. The van der Waals surface area contributed by atoms with Crippen molar-refractivity contribution in [3.63, 3.8) is 0 Å². The highest BCUT2D eigenvalue weighted by atomic mass is 16.5. The van der Waals surface area contributed by atoms with Crippen molar-refractivity contribution in [3.8, 4) is 28.8 Å². The molecule has 4 rings (SSSR count). The maximum atomic E-state index is 13.2. The molecule has 1 amide bonds. The summed E-state index contributed by atoms with van der Waals surface area (Å²) < 4.78 is 16.8. The number of hydrogen-bond donors (Lipinski definition) is 0. The molecule has 1 aliphatic heterocycles. The van der Waals surface area contributed by atoms with Crippen LogP contribution in [0.4, 0.5) is 0 Å². The van der Waals surface area contributed by atoms with E-state index in [1.807, 2.05) is 12.1 Å². The first-order chi connectivity index (χ1) is 17.5. The first kappa shape index (κ1) is 24.7. The van der Waals surface area contributed by atoms with Crippen LogP contribution in [0.5, 0.6) is 11.5 Å². The second kappa shape index (κ2) is 10.9. The normalized spacial score (nSPS) is 16.8. The third-order valence-electron chi connectivity index (χ3n) is 6.24. The van der Waals surface area contributed by atoms with Crippen molar-refractivity contribution in [2.45, 2.75) is 13.3 Å². The van der Waals surface area contributed by atoms with Gasteiger partial charge in [0.05, 0.1) is 30.5 Å². The van der Waals surface area contributed by atoms with Gasteiger partial charge in [-0.1, -0.05) is 12.1 Å². The quantitative estimate of drug-likeness (QED) is 0.443. The third-order valence-corrected chi connectivity index (χ3v) is 6.24. The molecule has 1 fully saturated rings. The van der Waals surface area contributed by atoms with Gasteiger partial charge in [-0.3, -0.25) is 14.6 Å². The fraction of sp³-hybridized carbons (Fsp3) is 0.286. The number of rotatable bonds is 8. The Morgan fingerprint density at radius 3 is 2.56 bits per heavy atom. The first-order valence-corrected chi connectivity index (χ1v) is 11.7. The molecule has 2 heterocycles. The van der Waals surface area contributed by atoms with Gasteiger partial charge in [0.1, 0.15) is 29.6 Å². The van der Waals surface area contributed by atoms with E-state index in [0.29, 0.717) is 35.6 Å². The largest absolute Gasteiger partial charge is 0.496 e. The van der Waals surface area contributed by atoms with Gasteiger partial charge in [0.15, 0.2) is 0 Å². The van der Waals surface area contributed by atoms with Crippen LogP contribution in [0, 0.1) is 16.7 Å². The summed E-state index contributed by atoms with van der Waals surface area (Å²) in [5.41, 5.74) is 1.60. The zero-order valence-electron chi connectivity index (χ0n) is 20.3. The molecule has 0 aliphatic carbocycles. The van der Waals surface area contributed by atoms with Crippen molar-refractivity contribution in [2.75, 3.05) is 33.4 Å². The molecule has 8 heteroatoms. The highest BCUT2D eigenvalue weighted by Crippen LogP contribution is 2.35. The average molecular weight is 486 g/mol. The van der Waals surface area contributed by atoms with E-state index in [1.54, 1.807) is 60.4 Å². The number of carbonyl (C=O) groups is 2. The van der Waals surface area contributed by atoms with Crippen molar-refractivity contribution in [2.24, 2.45) is 5.41 Å². The summed E-state index contributed by atoms with van der Waals surface area (Å²) in [6.45, 7) is 2.68. The molecule has 8 nitrogen and oxygen atoms in total. The van der Waals surface area contributed by atoms with Crippen molar-refractivity contribution in [1.29, 1.82) is 5.26 Å². The Morgan fingerprint density at radius 1 is 1.11 bits per heavy atom. The van der Waals surface area contributed by atoms with E-state index in [9.17, 15) is 9.59 Å². The zero-order valence-corrected chi connectivity index (χ0v) is 20.3. The Kier molecular flexibility index (Phi) is 7.50. The topological polar surface area (TPSA) is 102 Å². The molecule has 1 aromatic heterocycles. The van der Waals surface area contributed by atoms with E-state index in [4.69, 9.17) is 19.5 Å². The molecule has 3 aromatic rings. The molecule has 0 radical (unpaired) electrons. The second-order valence-corrected chi connectivity index (χ2v) is 8.53. The second-order valence-electron chi connectivity index (χ2n) is 8.53. The number of nitrogens with zero attached hydrogens (tertiary/aromatic N) is 3. The van der Waals surface area contributed by atoms with E-state index in [-0.39, 0.29) is 31.6 Å². The van der Waals surface area contributed by atoms with Crippen molar-refractivity contribution >= 4 is 11.9 Å². The predicted molar refractivity (Wildman–Crippen MR) is 132 cm³/mol. The lowest BCUT2D eigenvalue weighted by Gasteiger charge is -2.27. The van der Waals surface area contributed by atoms with Crippen molar-refractivity contribution in [3.05, 3.63) is 78.0 Å². The molecule has 2 aromatic carbocycles. The van der Waals surface area contributed by atoms with Crippen molar-refractivity contribution in [1.82, 2.24) is 9.88 Å². The van der Waals surface area contributed by atoms with E-state index >= 15 is 0 Å². The Bertz CT molecular complexity index is 1270. The molecule has 0 spiro atoms. The molecule has 0 bridgehead atoms. The summed E-state index contributed by atoms with van der Waals surface area (Å²) >= 11 is 0. The van der Waals surface area contributed by atoms with Crippen molar-refractivity contribution < 1.29 is 23.8 Å². The molecule has 0 saturated carbocycles. The van der Waals surface area contributed by atoms with E-state index in [2.05, 4.69) is 11.1 Å². The monoisotopic (exact) mass is 485 g/mol. The lowest BCUT2D eigenvalue weighted by molar-refractivity contribution is -0.156. The Balaban J connectivity index is 1.48. The Labute approximate surface area is 210 Å². The molecule has 0 N–H and O–H groups in total. The molecule has 1 atom stereocenters. The minimum atomic E-state index is -0.971. The van der Waals surface area contributed by atoms with Gasteiger partial charge in [-0.05, 0) is 61.9 Å². The van der Waals surface area contributed by atoms with Crippen LogP contribution in [-0.4, -0.2) is 55.2 Å². The predicted octanol–water partition coefficient (Wildman–Crippen LogP) is 4.10. The zero-order chi connectivity index (χ0) is 25.5. The molecular formula is C28H27N3O5. The number of nitriles is 1. The van der Waals surface area contributed by atoms with Crippen LogP contribution >= 0.6 is 0 Å². The van der Waals surface area contributed by atoms with Crippen LogP contribution in [0.1, 0.15) is 29.3 Å². The number of aromatic nitrogens is 1. The van der Waals surface area contributed by atoms with Crippen LogP contribution in [0.3, 0.4) is 0 Å². The van der Waals surface area contributed by atoms with Crippen LogP contribution in [-0.2, 0) is 9.53 Å². The summed E-state index contributed by atoms with van der Waals surface area (Å²) in [5, 5.41) is 8.94. The fourth-order valence-electron chi connectivity index (χ4n) is 4.24. The molecule has 1 saturated heterocycles. The van der Waals surface area contributed by atoms with Crippen LogP contribution in [0.2, 0.25) is 0 Å². The number of pyridine rings is 1. The highest BCUT2D eigenvalue weighted by molar-refractivity contribution is 5.97. The Hall–Kier alpha value is -4.38. The molecular weight excluding hydrogens is 458 g/mol. The van der Waals surface area contributed by atoms with Gasteiger partial charge in [0.2, 0.25) is 0 Å². The molecule has 1 unspecified atom stereocenters. The van der Waals surface area contributed by atoms with Gasteiger partial charge in [-0.15, -0.1) is 0 Å². The summed E-state index contributed by atoms with van der Waals surface area (Å²) in [6, 6.07) is 19.9. The number of carbonyl (C=O) groups excluding carboxylic acids is 2. The highest BCUT2D eigenvalue weighted by Gasteiger charge is 2.48. The average Bonchev–Trinajstić information content (AvgIpc) is 3.38. The maximum Gasteiger partial charge on any atom is 0.317 e. The number of para-hydroxylation sites is 1. The van der Waals surface area contributed by atoms with E-state index < -0.39 is 5.41 Å². The van der Waals surface area contributed by atoms with E-state index in [0.717, 1.165) is 11.3 Å². The fourth-order valence-corrected chi connectivity index (χ4v) is 4.24. The molecule has 1 aliphatic rings. The summed E-state index contributed by atoms with van der Waals surface area (Å²) in [7, 11) is 1.52. The van der Waals surface area contributed by atoms with Gasteiger partial charge < -0.3 is 19.1 Å². The summed E-state index contributed by atoms with van der Waals surface area (Å²) in [4.78, 5) is 32.2. The molecule has 36 heavy (non-hydrogen) atoms. The number of likely N-dealkylation sites (tertiary alicyclic amines) is 1. The SMILES string of the molecule is CCOC(=O)C1(COc2ccc(-c3ccc(C#N)cn3)cc2)CCN(C(=O)c2ccccc2OC)C1. The minimum absolute atomic E-state index is 0.0794. The maximum absolute atomic E-state index is 13.2. The van der Waals surface area contributed by atoms with Gasteiger partial charge in [0.25, 0.3) is 5.91 Å².